The number of anilines is 1. The van der Waals surface area contributed by atoms with E-state index in [9.17, 15) is 13.6 Å². The highest BCUT2D eigenvalue weighted by Gasteiger charge is 2.30. The van der Waals surface area contributed by atoms with Crippen molar-refractivity contribution in [3.05, 3.63) is 102 Å². The van der Waals surface area contributed by atoms with Crippen molar-refractivity contribution in [3.8, 4) is 0 Å². The largest absolute Gasteiger partial charge is 0.305 e. The van der Waals surface area contributed by atoms with Gasteiger partial charge in [0.25, 0.3) is 5.91 Å². The maximum absolute atomic E-state index is 14.0. The van der Waals surface area contributed by atoms with Gasteiger partial charge in [-0.2, -0.15) is 0 Å². The highest BCUT2D eigenvalue weighted by molar-refractivity contribution is 6.06. The van der Waals surface area contributed by atoms with Crippen LogP contribution >= 0.6 is 0 Å². The number of nitrogens with zero attached hydrogens (tertiary/aromatic N) is 2. The van der Waals surface area contributed by atoms with Crippen LogP contribution < -0.4 is 4.90 Å². The van der Waals surface area contributed by atoms with Crippen LogP contribution in [0.15, 0.2) is 78.9 Å². The van der Waals surface area contributed by atoms with Gasteiger partial charge >= 0.3 is 0 Å². The normalized spacial score (nSPS) is 15.1. The van der Waals surface area contributed by atoms with Gasteiger partial charge in [-0.1, -0.05) is 42.5 Å². The van der Waals surface area contributed by atoms with Gasteiger partial charge in [0.1, 0.15) is 11.6 Å². The molecule has 1 aliphatic heterocycles. The van der Waals surface area contributed by atoms with Gasteiger partial charge in [-0.15, -0.1) is 0 Å². The van der Waals surface area contributed by atoms with Gasteiger partial charge in [-0.25, -0.2) is 8.78 Å². The summed E-state index contributed by atoms with van der Waals surface area (Å²) in [5.41, 5.74) is 2.04. The minimum Gasteiger partial charge on any atom is -0.305 e. The molecule has 0 N–H and O–H groups in total. The molecule has 0 bridgehead atoms. The number of hydrogen-bond acceptors (Lipinski definition) is 2. The van der Waals surface area contributed by atoms with Crippen LogP contribution in [0.25, 0.3) is 0 Å². The molecule has 154 valence electrons. The first kappa shape index (κ1) is 20.2. The predicted molar refractivity (Wildman–Crippen MR) is 114 cm³/mol. The van der Waals surface area contributed by atoms with Crippen LogP contribution in [0.1, 0.15) is 28.8 Å². The molecule has 1 saturated heterocycles. The van der Waals surface area contributed by atoms with Crippen molar-refractivity contribution in [2.75, 3.05) is 18.0 Å². The van der Waals surface area contributed by atoms with Crippen LogP contribution in [-0.2, 0) is 6.54 Å². The summed E-state index contributed by atoms with van der Waals surface area (Å²) in [5.74, 6) is -1.08. The molecular weight excluding hydrogens is 382 g/mol. The zero-order valence-corrected chi connectivity index (χ0v) is 16.7. The van der Waals surface area contributed by atoms with Gasteiger partial charge in [0.2, 0.25) is 0 Å². The molecule has 0 radical (unpaired) electrons. The van der Waals surface area contributed by atoms with Gasteiger partial charge in [0, 0.05) is 48.6 Å². The molecule has 5 heteroatoms. The quantitative estimate of drug-likeness (QED) is 0.576. The highest BCUT2D eigenvalue weighted by atomic mass is 19.1. The second-order valence-electron chi connectivity index (χ2n) is 7.62. The lowest BCUT2D eigenvalue weighted by molar-refractivity contribution is 0.0958. The Morgan fingerprint density at radius 2 is 1.53 bits per heavy atom. The van der Waals surface area contributed by atoms with Gasteiger partial charge in [0.15, 0.2) is 0 Å². The van der Waals surface area contributed by atoms with Gasteiger partial charge in [-0.05, 0) is 43.2 Å². The van der Waals surface area contributed by atoms with E-state index in [4.69, 9.17) is 0 Å². The molecule has 0 spiro atoms. The number of hydrogen-bond donors (Lipinski definition) is 0. The van der Waals surface area contributed by atoms with Crippen LogP contribution in [-0.4, -0.2) is 29.9 Å². The van der Waals surface area contributed by atoms with Gasteiger partial charge in [-0.3, -0.25) is 9.69 Å². The molecule has 0 aliphatic carbocycles. The van der Waals surface area contributed by atoms with E-state index >= 15 is 0 Å². The fourth-order valence-corrected chi connectivity index (χ4v) is 4.03. The number of amides is 1. The van der Waals surface area contributed by atoms with Gasteiger partial charge in [0.05, 0.1) is 0 Å². The number of rotatable bonds is 5. The highest BCUT2D eigenvalue weighted by Crippen LogP contribution is 2.26. The average Bonchev–Trinajstić information content (AvgIpc) is 2.78. The van der Waals surface area contributed by atoms with E-state index in [0.717, 1.165) is 37.7 Å². The van der Waals surface area contributed by atoms with Crippen molar-refractivity contribution >= 4 is 11.6 Å². The summed E-state index contributed by atoms with van der Waals surface area (Å²) in [6.45, 7) is 1.93. The Bertz CT molecular complexity index is 987. The van der Waals surface area contributed by atoms with Crippen molar-refractivity contribution in [1.82, 2.24) is 4.90 Å². The molecule has 1 aliphatic rings. The molecule has 30 heavy (non-hydrogen) atoms. The lowest BCUT2D eigenvalue weighted by Gasteiger charge is -2.38. The zero-order chi connectivity index (χ0) is 20.9. The van der Waals surface area contributed by atoms with E-state index in [1.807, 2.05) is 65.6 Å². The van der Waals surface area contributed by atoms with Gasteiger partial charge < -0.3 is 4.90 Å². The lowest BCUT2D eigenvalue weighted by atomic mass is 10.00. The van der Waals surface area contributed by atoms with E-state index in [0.29, 0.717) is 17.7 Å². The first-order valence-corrected chi connectivity index (χ1v) is 10.2. The minimum absolute atomic E-state index is 0.00942. The zero-order valence-electron chi connectivity index (χ0n) is 16.7. The molecule has 0 atom stereocenters. The summed E-state index contributed by atoms with van der Waals surface area (Å²) < 4.78 is 27.2. The molecule has 3 aromatic rings. The number of carbonyl (C=O) groups is 1. The molecule has 4 rings (SSSR count). The Labute approximate surface area is 175 Å². The third kappa shape index (κ3) is 4.57. The van der Waals surface area contributed by atoms with Crippen molar-refractivity contribution < 1.29 is 13.6 Å². The van der Waals surface area contributed by atoms with Crippen molar-refractivity contribution in [1.29, 1.82) is 0 Å². The molecule has 0 saturated carbocycles. The molecule has 3 aromatic carbocycles. The van der Waals surface area contributed by atoms with E-state index in [-0.39, 0.29) is 11.9 Å². The number of piperidine rings is 1. The third-order valence-electron chi connectivity index (χ3n) is 5.61. The summed E-state index contributed by atoms with van der Waals surface area (Å²) in [6, 6.07) is 22.8. The molecule has 1 amide bonds. The van der Waals surface area contributed by atoms with Crippen molar-refractivity contribution in [2.24, 2.45) is 0 Å². The molecule has 1 fully saturated rings. The standard InChI is InChI=1S/C25H24F2N2O/c26-21-12-11-20(24(27)17-21)18-28-15-13-23(14-16-28)29(22-9-5-2-6-10-22)25(30)19-7-3-1-4-8-19/h1-12,17,23H,13-16,18H2. The monoisotopic (exact) mass is 406 g/mol. The minimum atomic E-state index is -0.562. The van der Waals surface area contributed by atoms with E-state index in [1.165, 1.54) is 12.1 Å². The van der Waals surface area contributed by atoms with Crippen LogP contribution in [0.3, 0.4) is 0 Å². The Hall–Kier alpha value is -3.05. The number of carbonyl (C=O) groups excluding carboxylic acids is 1. The van der Waals surface area contributed by atoms with Crippen LogP contribution in [0.4, 0.5) is 14.5 Å². The Morgan fingerprint density at radius 1 is 0.900 bits per heavy atom. The van der Waals surface area contributed by atoms with Crippen molar-refractivity contribution in [3.63, 3.8) is 0 Å². The fourth-order valence-electron chi connectivity index (χ4n) is 4.03. The molecule has 3 nitrogen and oxygen atoms in total. The van der Waals surface area contributed by atoms with E-state index < -0.39 is 11.6 Å². The summed E-state index contributed by atoms with van der Waals surface area (Å²) >= 11 is 0. The van der Waals surface area contributed by atoms with E-state index in [1.54, 1.807) is 0 Å². The summed E-state index contributed by atoms with van der Waals surface area (Å²) in [7, 11) is 0. The topological polar surface area (TPSA) is 23.6 Å². The molecule has 0 unspecified atom stereocenters. The van der Waals surface area contributed by atoms with E-state index in [2.05, 4.69) is 4.90 Å². The second-order valence-corrected chi connectivity index (χ2v) is 7.62. The number of para-hydroxylation sites is 1. The molecule has 0 aromatic heterocycles. The lowest BCUT2D eigenvalue weighted by Crippen LogP contribution is -2.47. The van der Waals surface area contributed by atoms with Crippen LogP contribution in [0.5, 0.6) is 0 Å². The summed E-state index contributed by atoms with van der Waals surface area (Å²) in [4.78, 5) is 17.4. The fraction of sp³-hybridized carbons (Fsp3) is 0.240. The molecular formula is C25H24F2N2O. The second kappa shape index (κ2) is 9.18. The Balaban J connectivity index is 1.49. The SMILES string of the molecule is O=C(c1ccccc1)N(c1ccccc1)C1CCN(Cc2ccc(F)cc2F)CC1. The number of benzene rings is 3. The predicted octanol–water partition coefficient (Wildman–Crippen LogP) is 5.28. The maximum Gasteiger partial charge on any atom is 0.258 e. The third-order valence-corrected chi connectivity index (χ3v) is 5.61. The van der Waals surface area contributed by atoms with Crippen LogP contribution in [0, 0.1) is 11.6 Å². The summed E-state index contributed by atoms with van der Waals surface area (Å²) in [6.07, 6.45) is 1.58. The van der Waals surface area contributed by atoms with Crippen LogP contribution in [0.2, 0.25) is 0 Å². The Kier molecular flexibility index (Phi) is 6.19. The van der Waals surface area contributed by atoms with Crippen molar-refractivity contribution in [2.45, 2.75) is 25.4 Å². The smallest absolute Gasteiger partial charge is 0.258 e. The molecule has 1 heterocycles. The maximum atomic E-state index is 14.0. The number of halogens is 2. The summed E-state index contributed by atoms with van der Waals surface area (Å²) in [5, 5.41) is 0. The number of likely N-dealkylation sites (tertiary alicyclic amines) is 1. The first-order valence-electron chi connectivity index (χ1n) is 10.2. The Morgan fingerprint density at radius 3 is 2.17 bits per heavy atom. The first-order chi connectivity index (χ1) is 14.6. The average molecular weight is 406 g/mol.